The molecule has 4 fully saturated rings. The summed E-state index contributed by atoms with van der Waals surface area (Å²) in [7, 11) is -4.45. The van der Waals surface area contributed by atoms with E-state index in [9.17, 15) is 18.1 Å². The molecule has 4 rings (SSSR count). The monoisotopic (exact) mass is 655 g/mol. The minimum atomic E-state index is -4.45. The van der Waals surface area contributed by atoms with Crippen molar-refractivity contribution in [2.75, 3.05) is 32.7 Å². The third kappa shape index (κ3) is 9.24. The minimum Gasteiger partial charge on any atom is -0.393 e. The molecule has 0 bridgehead atoms. The van der Waals surface area contributed by atoms with Gasteiger partial charge in [-0.3, -0.25) is 4.55 Å². The number of nitrogens with one attached hydrogen (secondary N) is 3. The molecule has 0 amide bonds. The van der Waals surface area contributed by atoms with Crippen LogP contribution in [-0.4, -0.2) is 69.1 Å². The molecule has 0 aliphatic heterocycles. The van der Waals surface area contributed by atoms with E-state index < -0.39 is 16.5 Å². The smallest absolute Gasteiger partial charge is 0.393 e. The Morgan fingerprint density at radius 3 is 2.20 bits per heavy atom. The second-order valence-electron chi connectivity index (χ2n) is 16.5. The van der Waals surface area contributed by atoms with Crippen molar-refractivity contribution in [2.24, 2.45) is 52.3 Å². The highest BCUT2D eigenvalue weighted by Gasteiger charge is 2.62. The van der Waals surface area contributed by atoms with Gasteiger partial charge in [-0.25, -0.2) is 4.18 Å². The number of aliphatic hydroxyl groups is 1. The van der Waals surface area contributed by atoms with Gasteiger partial charge in [-0.05, 0) is 168 Å². The van der Waals surface area contributed by atoms with Gasteiger partial charge >= 0.3 is 10.4 Å². The maximum Gasteiger partial charge on any atom is 0.397 e. The van der Waals surface area contributed by atoms with E-state index in [4.69, 9.17) is 4.18 Å². The van der Waals surface area contributed by atoms with Gasteiger partial charge in [-0.2, -0.15) is 8.42 Å². The number of aliphatic hydroxyl groups excluding tert-OH is 1. The van der Waals surface area contributed by atoms with E-state index in [0.29, 0.717) is 53.4 Å². The van der Waals surface area contributed by atoms with Crippen molar-refractivity contribution in [1.82, 2.24) is 16.0 Å². The van der Waals surface area contributed by atoms with E-state index >= 15 is 0 Å². The van der Waals surface area contributed by atoms with Gasteiger partial charge in [0.15, 0.2) is 0 Å². The molecule has 0 aromatic heterocycles. The first-order valence-electron chi connectivity index (χ1n) is 18.8. The molecule has 0 saturated heterocycles. The lowest BCUT2D eigenvalue weighted by molar-refractivity contribution is -0.167. The molecular formula is C36H69N3O5S. The topological polar surface area (TPSA) is 120 Å². The summed E-state index contributed by atoms with van der Waals surface area (Å²) >= 11 is 0. The summed E-state index contributed by atoms with van der Waals surface area (Å²) in [6.07, 6.45) is 14.0. The van der Waals surface area contributed by atoms with Gasteiger partial charge in [0.1, 0.15) is 0 Å². The van der Waals surface area contributed by atoms with Gasteiger partial charge in [0.05, 0.1) is 12.2 Å². The summed E-state index contributed by atoms with van der Waals surface area (Å²) in [5.41, 5.74) is 0.556. The van der Waals surface area contributed by atoms with Crippen LogP contribution in [0.3, 0.4) is 0 Å². The minimum absolute atomic E-state index is 0.0166. The summed E-state index contributed by atoms with van der Waals surface area (Å²) < 4.78 is 37.2. The fraction of sp³-hybridized carbons (Fsp3) is 1.00. The van der Waals surface area contributed by atoms with E-state index in [-0.39, 0.29) is 17.4 Å². The van der Waals surface area contributed by atoms with Gasteiger partial charge in [0, 0.05) is 6.04 Å². The van der Waals surface area contributed by atoms with E-state index in [1.54, 1.807) is 0 Å². The van der Waals surface area contributed by atoms with Crippen molar-refractivity contribution >= 4 is 10.4 Å². The van der Waals surface area contributed by atoms with E-state index in [1.807, 2.05) is 13.8 Å². The van der Waals surface area contributed by atoms with Crippen LogP contribution in [0, 0.1) is 52.3 Å². The Labute approximate surface area is 276 Å². The van der Waals surface area contributed by atoms with Gasteiger partial charge in [-0.15, -0.1) is 0 Å². The number of rotatable bonds is 18. The Bertz CT molecular complexity index is 1010. The molecule has 4 unspecified atom stereocenters. The average molecular weight is 656 g/mol. The highest BCUT2D eigenvalue weighted by Crippen LogP contribution is 2.68. The molecule has 4 aliphatic rings. The molecule has 45 heavy (non-hydrogen) atoms. The SMILES string of the molecule is CCNCCCCNCCCN[C@H]1CC[C@]2(C)C3CC[C@@]4(C)C(CC[C@@H]4[C@H](C)CC[C@@H](OS(=O)(=O)O)C(C)C)C3C(O)C[C@H]2C1. The van der Waals surface area contributed by atoms with Crippen molar-refractivity contribution in [1.29, 1.82) is 0 Å². The molecule has 264 valence electrons. The van der Waals surface area contributed by atoms with Gasteiger partial charge < -0.3 is 21.1 Å². The second-order valence-corrected chi connectivity index (χ2v) is 17.5. The molecule has 11 atom stereocenters. The Morgan fingerprint density at radius 2 is 1.51 bits per heavy atom. The van der Waals surface area contributed by atoms with Crippen molar-refractivity contribution < 1.29 is 22.3 Å². The second kappa shape index (κ2) is 16.4. The highest BCUT2D eigenvalue weighted by atomic mass is 32.3. The van der Waals surface area contributed by atoms with E-state index in [2.05, 4.69) is 43.6 Å². The van der Waals surface area contributed by atoms with Crippen LogP contribution < -0.4 is 16.0 Å². The molecule has 4 saturated carbocycles. The standard InChI is InChI=1S/C36H69N3O5S/c1-7-37-19-8-9-20-38-21-10-22-39-28-15-17-35(5)27(23-28)24-32(40)34-30-13-12-29(36(30,6)18-16-31(34)35)26(4)11-14-33(25(2)3)44-45(41,42)43/h25-34,37-40H,7-24H2,1-6H3,(H,41,42,43)/t26-,27-,28+,29-,30?,31?,32?,33-,34?,35+,36-/m1/s1. The molecule has 8 nitrogen and oxygen atoms in total. The first-order valence-corrected chi connectivity index (χ1v) is 20.1. The van der Waals surface area contributed by atoms with E-state index in [0.717, 1.165) is 45.6 Å². The quantitative estimate of drug-likeness (QED) is 0.0875. The third-order valence-electron chi connectivity index (χ3n) is 13.5. The summed E-state index contributed by atoms with van der Waals surface area (Å²) in [5, 5.41) is 22.7. The normalized spacial score (nSPS) is 38.0. The number of fused-ring (bicyclic) bond motifs is 5. The van der Waals surface area contributed by atoms with Crippen LogP contribution in [0.4, 0.5) is 0 Å². The zero-order valence-electron chi connectivity index (χ0n) is 29.5. The highest BCUT2D eigenvalue weighted by molar-refractivity contribution is 7.80. The van der Waals surface area contributed by atoms with Crippen molar-refractivity contribution in [3.05, 3.63) is 0 Å². The van der Waals surface area contributed by atoms with Crippen LogP contribution in [0.2, 0.25) is 0 Å². The Kier molecular flexibility index (Phi) is 13.7. The number of hydrogen-bond donors (Lipinski definition) is 5. The Balaban J connectivity index is 1.27. The zero-order valence-corrected chi connectivity index (χ0v) is 30.3. The largest absolute Gasteiger partial charge is 0.397 e. The number of hydrogen-bond acceptors (Lipinski definition) is 7. The lowest BCUT2D eigenvalue weighted by Gasteiger charge is -2.62. The molecule has 4 aliphatic carbocycles. The molecule has 0 aromatic rings. The van der Waals surface area contributed by atoms with E-state index in [1.165, 1.54) is 64.2 Å². The van der Waals surface area contributed by atoms with Crippen LogP contribution >= 0.6 is 0 Å². The average Bonchev–Trinajstić information content (AvgIpc) is 3.33. The molecule has 0 radical (unpaired) electrons. The zero-order chi connectivity index (χ0) is 32.8. The van der Waals surface area contributed by atoms with Crippen molar-refractivity contribution in [3.8, 4) is 0 Å². The summed E-state index contributed by atoms with van der Waals surface area (Å²) in [5.74, 6) is 3.23. The van der Waals surface area contributed by atoms with Crippen molar-refractivity contribution in [2.45, 2.75) is 143 Å². The van der Waals surface area contributed by atoms with Crippen LogP contribution in [0.25, 0.3) is 0 Å². The third-order valence-corrected chi connectivity index (χ3v) is 14.0. The Morgan fingerprint density at radius 1 is 0.844 bits per heavy atom. The summed E-state index contributed by atoms with van der Waals surface area (Å²) in [4.78, 5) is 0. The summed E-state index contributed by atoms with van der Waals surface area (Å²) in [6.45, 7) is 18.9. The van der Waals surface area contributed by atoms with Gasteiger partial charge in [-0.1, -0.05) is 41.5 Å². The molecule has 9 heteroatoms. The Hall–Kier alpha value is -0.290. The number of unbranched alkanes of at least 4 members (excludes halogenated alkanes) is 1. The molecule has 0 heterocycles. The molecule has 0 aromatic carbocycles. The van der Waals surface area contributed by atoms with Gasteiger partial charge in [0.2, 0.25) is 0 Å². The lowest BCUT2D eigenvalue weighted by atomic mass is 9.43. The fourth-order valence-electron chi connectivity index (χ4n) is 11.0. The molecule has 5 N–H and O–H groups in total. The lowest BCUT2D eigenvalue weighted by Crippen LogP contribution is -2.59. The maximum atomic E-state index is 11.8. The first-order chi connectivity index (χ1) is 21.3. The predicted octanol–water partition coefficient (Wildman–Crippen LogP) is 6.20. The summed E-state index contributed by atoms with van der Waals surface area (Å²) in [6, 6.07) is 0.581. The van der Waals surface area contributed by atoms with Gasteiger partial charge in [0.25, 0.3) is 0 Å². The predicted molar refractivity (Wildman–Crippen MR) is 183 cm³/mol. The molecular weight excluding hydrogens is 586 g/mol. The fourth-order valence-corrected chi connectivity index (χ4v) is 11.6. The van der Waals surface area contributed by atoms with Crippen LogP contribution in [-0.2, 0) is 14.6 Å². The van der Waals surface area contributed by atoms with Crippen LogP contribution in [0.5, 0.6) is 0 Å². The first kappa shape index (κ1) is 37.5. The van der Waals surface area contributed by atoms with Crippen molar-refractivity contribution in [3.63, 3.8) is 0 Å². The molecule has 0 spiro atoms. The maximum absolute atomic E-state index is 11.8. The van der Waals surface area contributed by atoms with Crippen LogP contribution in [0.1, 0.15) is 125 Å². The van der Waals surface area contributed by atoms with Crippen LogP contribution in [0.15, 0.2) is 0 Å².